The number of Topliss-reactive ketones (excluding diaryl/α,β-unsaturated/α-hetero) is 3. The molecule has 127 heavy (non-hydrogen) atoms. The van der Waals surface area contributed by atoms with Gasteiger partial charge in [0.05, 0.1) is 49.0 Å². The van der Waals surface area contributed by atoms with Crippen molar-refractivity contribution in [3.63, 3.8) is 0 Å². The fourth-order valence-corrected chi connectivity index (χ4v) is 10.9. The summed E-state index contributed by atoms with van der Waals surface area (Å²) in [6.07, 6.45) is 6.99. The van der Waals surface area contributed by atoms with Crippen molar-refractivity contribution in [3.05, 3.63) is 260 Å². The fourth-order valence-electron chi connectivity index (χ4n) is 10.9. The number of methoxy groups -OCH3 is 2. The highest BCUT2D eigenvalue weighted by atomic mass is 16.6. The van der Waals surface area contributed by atoms with Crippen LogP contribution in [0.25, 0.3) is 0 Å². The number of alkyl carbamates (subject to hydrolysis) is 4. The number of esters is 2. The number of aryl methyl sites for hydroxylation is 7. The molecule has 4 aromatic carbocycles. The molecule has 4 unspecified atom stereocenters. The highest BCUT2D eigenvalue weighted by molar-refractivity contribution is 5.94. The molecule has 0 saturated carbocycles. The molecule has 0 aliphatic heterocycles. The molecule has 4 heterocycles. The number of ketones is 3. The van der Waals surface area contributed by atoms with Crippen molar-refractivity contribution >= 4 is 71.5 Å². The maximum absolute atomic E-state index is 12.9. The first-order valence-corrected chi connectivity index (χ1v) is 40.7. The Hall–Kier alpha value is -13.2. The summed E-state index contributed by atoms with van der Waals surface area (Å²) in [4.78, 5) is 160. The second-order valence-corrected chi connectivity index (χ2v) is 33.1. The third-order valence-corrected chi connectivity index (χ3v) is 17.3. The van der Waals surface area contributed by atoms with Gasteiger partial charge in [0, 0.05) is 112 Å². The summed E-state index contributed by atoms with van der Waals surface area (Å²) in [5.74, 6) is -3.87. The van der Waals surface area contributed by atoms with Crippen LogP contribution in [0.1, 0.15) is 211 Å². The summed E-state index contributed by atoms with van der Waals surface area (Å²) in [5, 5.41) is 44.5. The number of carbonyl (C=O) groups excluding carboxylic acids is 10. The van der Waals surface area contributed by atoms with Crippen LogP contribution in [-0.4, -0.2) is 180 Å². The fraction of sp³-hybridized carbons (Fsp3) is 0.404. The molecule has 5 amide bonds. The highest BCUT2D eigenvalue weighted by Crippen LogP contribution is 2.19. The molecule has 0 aliphatic carbocycles. The smallest absolute Gasteiger partial charge is 0.408 e. The lowest BCUT2D eigenvalue weighted by Gasteiger charge is -2.23. The van der Waals surface area contributed by atoms with Crippen molar-refractivity contribution in [3.8, 4) is 0 Å². The number of ether oxygens (including phenoxy) is 6. The van der Waals surface area contributed by atoms with E-state index in [2.05, 4.69) is 45.9 Å². The minimum Gasteiger partial charge on any atom is -0.480 e. The minimum absolute atomic E-state index is 0.106. The first-order valence-electron chi connectivity index (χ1n) is 40.7. The van der Waals surface area contributed by atoms with E-state index in [4.69, 9.17) is 50.0 Å². The molecule has 0 bridgehead atoms. The number of nitrogens with two attached hydrogens (primary N) is 1. The number of hydrogen-bond donors (Lipinski definition) is 11. The maximum atomic E-state index is 12.9. The molecule has 33 heteroatoms. The summed E-state index contributed by atoms with van der Waals surface area (Å²) in [7, 11) is 4.12. The number of hydrogen-bond acceptors (Lipinski definition) is 26. The van der Waals surface area contributed by atoms with E-state index in [1.807, 2.05) is 82.3 Å². The SMILES string of the molecule is CNO.COC(=O)c1ccc(CCC(=O)C(Cc2ccc(C)cn2)NC(=O)OC(C)(C)C)cc1.COC(=O)c1ccc(CN)cc1.Cc1ccc(CC(NC(=O)OC(C)(C)C)C(=O)CCc2ccc(C(=O)NO)cc2)nc1.Cc1ccc(CC(NC(=O)OC(C)(C)C)C(=O)CCc2ccc(C(=O)O)cc2)nc1.Cc1ccc(CC(NC(=O)OC(C)(C)C)C(=O)O)nc1. The molecular formula is C94H123N11O22. The van der Waals surface area contributed by atoms with E-state index in [1.165, 1.54) is 33.4 Å². The Morgan fingerprint density at radius 1 is 0.354 bits per heavy atom. The van der Waals surface area contributed by atoms with E-state index in [-0.39, 0.29) is 73.8 Å². The Labute approximate surface area is 741 Å². The first-order chi connectivity index (χ1) is 59.5. The van der Waals surface area contributed by atoms with Gasteiger partial charge in [-0.05, 0) is 247 Å². The maximum Gasteiger partial charge on any atom is 0.408 e. The zero-order valence-corrected chi connectivity index (χ0v) is 75.8. The van der Waals surface area contributed by atoms with Gasteiger partial charge in [0.25, 0.3) is 5.91 Å². The number of aromatic carboxylic acids is 1. The highest BCUT2D eigenvalue weighted by Gasteiger charge is 2.30. The van der Waals surface area contributed by atoms with Gasteiger partial charge in [-0.3, -0.25) is 44.3 Å². The van der Waals surface area contributed by atoms with Gasteiger partial charge < -0.3 is 70.8 Å². The van der Waals surface area contributed by atoms with Gasteiger partial charge in [0.2, 0.25) is 0 Å². The molecule has 0 spiro atoms. The summed E-state index contributed by atoms with van der Waals surface area (Å²) in [6.45, 7) is 29.1. The van der Waals surface area contributed by atoms with Gasteiger partial charge in [-0.25, -0.2) is 49.3 Å². The number of hydroxylamine groups is 2. The number of carboxylic acid groups (broad SMARTS) is 2. The molecule has 0 saturated heterocycles. The molecule has 0 radical (unpaired) electrons. The van der Waals surface area contributed by atoms with E-state index in [1.54, 1.807) is 198 Å². The summed E-state index contributed by atoms with van der Waals surface area (Å²) >= 11 is 0. The number of rotatable bonds is 30. The van der Waals surface area contributed by atoms with Crippen LogP contribution in [0, 0.1) is 27.7 Å². The molecule has 8 rings (SSSR count). The van der Waals surface area contributed by atoms with Gasteiger partial charge in [-0.15, -0.1) is 0 Å². The van der Waals surface area contributed by atoms with Gasteiger partial charge >= 0.3 is 48.3 Å². The molecule has 4 aromatic heterocycles. The van der Waals surface area contributed by atoms with Crippen LogP contribution >= 0.6 is 0 Å². The Morgan fingerprint density at radius 2 is 0.591 bits per heavy atom. The van der Waals surface area contributed by atoms with E-state index in [0.29, 0.717) is 65.3 Å². The van der Waals surface area contributed by atoms with Crippen molar-refractivity contribution in [2.45, 2.75) is 228 Å². The molecular weight excluding hydrogens is 1640 g/mol. The van der Waals surface area contributed by atoms with Crippen LogP contribution in [0.5, 0.6) is 0 Å². The standard InChI is InChI=1S/C24H30N2O5.C23H29N3O5.C23H28N2O5.C14H20N2O4.C9H11NO2.CH5NO/c1-16-6-12-19(25-15-16)14-20(26-23(29)31-24(2,3)4)21(27)13-9-17-7-10-18(11-8-17)22(28)30-5;1-15-5-11-18(24-14-15)13-19(25-22(29)31-23(2,3)4)20(27)12-8-16-6-9-17(10-7-16)21(28)26-30;1-15-5-11-18(24-14-15)13-19(25-22(29)30-23(2,3)4)20(26)12-8-16-6-9-17(10-7-16)21(27)28;1-9-5-6-10(15-8-9)7-11(12(17)18)16-13(19)20-14(2,3)4;1-12-9(11)8-4-2-7(6-10)3-5-8;1-2-3/h6-8,10-12,15,20H,9,13-14H2,1-5H3,(H,26,29);5-7,9-11,14,19,30H,8,12-13H2,1-4H3,(H,25,29)(H,26,28);5-7,9-11,14,19H,8,12-13H2,1-4H3,(H,25,29)(H,27,28);5-6,8,11H,7H2,1-4H3,(H,16,19)(H,17,18);2-5H,6,10H2,1H3;2-3H,1H3. The number of aliphatic carboxylic acids is 1. The average molecular weight is 1760 g/mol. The van der Waals surface area contributed by atoms with Crippen molar-refractivity contribution in [1.29, 1.82) is 0 Å². The van der Waals surface area contributed by atoms with E-state index < -0.39 is 94.8 Å². The molecule has 0 fully saturated rings. The number of nitrogens with one attached hydrogen (secondary N) is 6. The zero-order valence-electron chi connectivity index (χ0n) is 75.8. The molecule has 12 N–H and O–H groups in total. The van der Waals surface area contributed by atoms with Gasteiger partial charge in [0.1, 0.15) is 28.4 Å². The number of benzene rings is 4. The Morgan fingerprint density at radius 3 is 0.803 bits per heavy atom. The Kier molecular flexibility index (Phi) is 45.7. The summed E-state index contributed by atoms with van der Waals surface area (Å²) in [6, 6.07) is 38.4. The van der Waals surface area contributed by atoms with Gasteiger partial charge in [-0.2, -0.15) is 0 Å². The topological polar surface area (TPSA) is 491 Å². The number of pyridine rings is 4. The lowest BCUT2D eigenvalue weighted by Crippen LogP contribution is -2.45. The third kappa shape index (κ3) is 45.8. The minimum atomic E-state index is -1.13. The lowest BCUT2D eigenvalue weighted by molar-refractivity contribution is -0.139. The van der Waals surface area contributed by atoms with Crippen LogP contribution in [-0.2, 0) is 99.1 Å². The number of nitrogens with zero attached hydrogens (tertiary/aromatic N) is 4. The molecule has 0 aliphatic rings. The molecule has 33 nitrogen and oxygen atoms in total. The van der Waals surface area contributed by atoms with E-state index >= 15 is 0 Å². The van der Waals surface area contributed by atoms with Crippen LogP contribution in [0.15, 0.2) is 170 Å². The molecule has 4 atom stereocenters. The average Bonchev–Trinajstić information content (AvgIpc) is 0.871. The van der Waals surface area contributed by atoms with E-state index in [0.717, 1.165) is 44.5 Å². The molecule has 8 aromatic rings. The van der Waals surface area contributed by atoms with Gasteiger partial charge in [-0.1, -0.05) is 72.8 Å². The second kappa shape index (κ2) is 53.8. The Balaban J connectivity index is 0.000000417. The Bertz CT molecular complexity index is 4660. The quantitative estimate of drug-likeness (QED) is 0.00862. The van der Waals surface area contributed by atoms with Crippen molar-refractivity contribution in [2.24, 2.45) is 5.73 Å². The van der Waals surface area contributed by atoms with E-state index in [9.17, 15) is 57.5 Å². The number of carboxylic acids is 2. The lowest BCUT2D eigenvalue weighted by atomic mass is 9.99. The molecule has 686 valence electrons. The zero-order chi connectivity index (χ0) is 95.4. The van der Waals surface area contributed by atoms with Crippen molar-refractivity contribution < 1.29 is 107 Å². The number of carbonyl (C=O) groups is 12. The van der Waals surface area contributed by atoms with Crippen molar-refractivity contribution in [1.82, 2.24) is 52.2 Å². The van der Waals surface area contributed by atoms with Crippen LogP contribution in [0.2, 0.25) is 0 Å². The predicted octanol–water partition coefficient (Wildman–Crippen LogP) is 13.1. The van der Waals surface area contributed by atoms with Crippen LogP contribution in [0.4, 0.5) is 19.2 Å². The van der Waals surface area contributed by atoms with Crippen LogP contribution < -0.4 is 38.0 Å². The summed E-state index contributed by atoms with van der Waals surface area (Å²) in [5.41, 5.74) is 17.9. The summed E-state index contributed by atoms with van der Waals surface area (Å²) < 4.78 is 30.2. The first kappa shape index (κ1) is 108. The van der Waals surface area contributed by atoms with Gasteiger partial charge in [0.15, 0.2) is 17.3 Å². The number of aromatic nitrogens is 4. The normalized spacial score (nSPS) is 11.8. The van der Waals surface area contributed by atoms with Crippen molar-refractivity contribution in [2.75, 3.05) is 21.3 Å². The predicted molar refractivity (Wildman–Crippen MR) is 474 cm³/mol. The van der Waals surface area contributed by atoms with Crippen LogP contribution in [0.3, 0.4) is 0 Å². The monoisotopic (exact) mass is 1760 g/mol. The third-order valence-electron chi connectivity index (χ3n) is 17.3. The number of amides is 5. The largest absolute Gasteiger partial charge is 0.480 e. The second-order valence-electron chi connectivity index (χ2n) is 33.1.